The minimum absolute atomic E-state index is 0.0556. The highest BCUT2D eigenvalue weighted by Crippen LogP contribution is 2.53. The summed E-state index contributed by atoms with van der Waals surface area (Å²) in [6, 6.07) is 0. The van der Waals surface area contributed by atoms with Gasteiger partial charge in [0.25, 0.3) is 0 Å². The van der Waals surface area contributed by atoms with Gasteiger partial charge in [-0.1, -0.05) is 299 Å². The van der Waals surface area contributed by atoms with Crippen LogP contribution in [0, 0.1) is 80.3 Å². The van der Waals surface area contributed by atoms with Crippen LogP contribution in [0.2, 0.25) is 0 Å². The van der Waals surface area contributed by atoms with Crippen LogP contribution in [-0.4, -0.2) is 0 Å². The van der Waals surface area contributed by atoms with E-state index in [4.69, 9.17) is 9.60 Å². The van der Waals surface area contributed by atoms with Gasteiger partial charge in [0.15, 0.2) is 0 Å². The van der Waals surface area contributed by atoms with Crippen molar-refractivity contribution in [3.63, 3.8) is 0 Å². The van der Waals surface area contributed by atoms with Crippen LogP contribution in [0.25, 0.3) is 0 Å². The van der Waals surface area contributed by atoms with Crippen molar-refractivity contribution in [3.05, 3.63) is 0 Å². The summed E-state index contributed by atoms with van der Waals surface area (Å²) < 4.78 is 50.7. The molecular formula is C71H144. The largest absolute Gasteiger partial charge is 0.0651 e. The van der Waals surface area contributed by atoms with E-state index in [1.165, 1.54) is 141 Å². The zero-order valence-electron chi connectivity index (χ0n) is 60.5. The van der Waals surface area contributed by atoms with Crippen LogP contribution >= 0.6 is 0 Å². The zero-order valence-corrected chi connectivity index (χ0v) is 53.5. The van der Waals surface area contributed by atoms with Gasteiger partial charge in [-0.3, -0.25) is 0 Å². The second kappa shape index (κ2) is 38.5. The molecule has 0 heterocycles. The molecule has 0 nitrogen and oxygen atoms in total. The molecule has 0 bridgehead atoms. The molecule has 0 atom stereocenters. The van der Waals surface area contributed by atoms with Crippen molar-refractivity contribution < 1.29 is 9.60 Å². The van der Waals surface area contributed by atoms with E-state index in [2.05, 4.69) is 62.3 Å². The lowest BCUT2D eigenvalue weighted by molar-refractivity contribution is 0.0511. The van der Waals surface area contributed by atoms with E-state index in [1.54, 1.807) is 65.2 Å². The van der Waals surface area contributed by atoms with Crippen LogP contribution in [-0.2, 0) is 0 Å². The molecule has 8 rings (SSSR count). The highest BCUT2D eigenvalue weighted by molar-refractivity contribution is 4.92. The van der Waals surface area contributed by atoms with Crippen molar-refractivity contribution >= 4 is 0 Å². The Balaban J connectivity index is 0.000000875. The molecule has 0 N–H and O–H groups in total. The van der Waals surface area contributed by atoms with Gasteiger partial charge < -0.3 is 0 Å². The average Bonchev–Trinajstić information content (AvgIpc) is 3.94. The first kappa shape index (κ1) is 58.7. The smallest absolute Gasteiger partial charge is 0.0300 e. The Morgan fingerprint density at radius 1 is 0.423 bits per heavy atom. The highest BCUT2D eigenvalue weighted by Gasteiger charge is 2.40. The maximum Gasteiger partial charge on any atom is 0.0300 e. The molecule has 8 aliphatic carbocycles. The molecule has 428 valence electrons. The van der Waals surface area contributed by atoms with Crippen LogP contribution in [0.15, 0.2) is 0 Å². The van der Waals surface area contributed by atoms with Gasteiger partial charge in [-0.25, -0.2) is 0 Å². The molecule has 0 aromatic rings. The van der Waals surface area contributed by atoms with Gasteiger partial charge in [0.05, 0.1) is 0 Å². The summed E-state index contributed by atoms with van der Waals surface area (Å²) in [7, 11) is 0. The quantitative estimate of drug-likeness (QED) is 0.259. The first-order valence-electron chi connectivity index (χ1n) is 35.3. The summed E-state index contributed by atoms with van der Waals surface area (Å²) in [5.74, 6) is 5.07. The third kappa shape index (κ3) is 40.9. The van der Waals surface area contributed by atoms with Gasteiger partial charge in [0.1, 0.15) is 0 Å². The summed E-state index contributed by atoms with van der Waals surface area (Å²) in [6.07, 6.45) is 47.0. The zero-order chi connectivity index (χ0) is 60.5. The molecule has 0 unspecified atom stereocenters. The van der Waals surface area contributed by atoms with Crippen molar-refractivity contribution in [2.24, 2.45) is 80.3 Å². The fourth-order valence-corrected chi connectivity index (χ4v) is 11.8. The SMILES string of the molecule is CC(C)(C)C.CC1CCC(C2CCCCC2)CC1.CC1CCC2(CC1)CCC(C)(C)CC2.CC1CCC2(CCCC2)CC1.[2H]C(C)(C)C.[2H]C([2H])(C)C(C)(C)C.[2H]C([2H])(C)C(C)C.[2H]C1(C)CCCC1.[2H]C1(C)CCCCC1. The van der Waals surface area contributed by atoms with Gasteiger partial charge in [-0.05, 0) is 157 Å². The molecule has 0 saturated heterocycles. The predicted molar refractivity (Wildman–Crippen MR) is 329 cm³/mol. The normalized spacial score (nSPS) is 28.6. The van der Waals surface area contributed by atoms with E-state index in [0.717, 1.165) is 66.1 Å². The van der Waals surface area contributed by atoms with Crippen molar-refractivity contribution in [2.45, 2.75) is 376 Å². The molecule has 0 aliphatic heterocycles. The van der Waals surface area contributed by atoms with E-state index >= 15 is 0 Å². The Morgan fingerprint density at radius 2 is 0.690 bits per heavy atom. The Labute approximate surface area is 464 Å². The fraction of sp³-hybridized carbons (Fsp3) is 1.00. The molecule has 0 aromatic heterocycles. The third-order valence-corrected chi connectivity index (χ3v) is 17.9. The number of rotatable bonds is 2. The summed E-state index contributed by atoms with van der Waals surface area (Å²) in [6.45, 7) is 43.2. The summed E-state index contributed by atoms with van der Waals surface area (Å²) in [5.41, 5.74) is 2.57. The van der Waals surface area contributed by atoms with Crippen molar-refractivity contribution in [1.29, 1.82) is 0 Å². The van der Waals surface area contributed by atoms with Gasteiger partial charge in [0, 0.05) is 9.60 Å². The standard InChI is InChI=1S/C14H26.C13H24.C11H20.C7H14.C6H12.C6H14.2C5H12.C4H10/c1-12-4-6-14(7-5-12)10-8-13(2,3)9-11-14;1-11-7-9-13(10-8-11)12-5-3-2-4-6-12;1-10-4-8-11(9-5-10)6-2-3-7-11;1-7-5-3-2-4-6-7;1-6-4-2-3-5-6;1-5-6(2,3)4;1-5(2,3)4;1-4-5(2)3;1-4(2)3/h12H,4-11H2,1-3H3;11-13H,2-10H2,1H3;10H,2-9H2,1H3;7H,2-6H2,1H3;6H,2-5H2,1H3;5H2,1-4H3;1-4H3;5H,4H2,1-3H3;4H,1-3H3/i;;;7D;6D;5D2;;4D2;4D. The maximum absolute atomic E-state index is 7.63. The van der Waals surface area contributed by atoms with Gasteiger partial charge in [-0.2, -0.15) is 0 Å². The molecule has 8 aliphatic rings. The van der Waals surface area contributed by atoms with Crippen LogP contribution in [0.4, 0.5) is 0 Å². The van der Waals surface area contributed by atoms with Gasteiger partial charge in [-0.15, -0.1) is 0 Å². The number of hydrogen-bond acceptors (Lipinski definition) is 0. The topological polar surface area (TPSA) is 0 Å². The van der Waals surface area contributed by atoms with Crippen molar-refractivity contribution in [3.8, 4) is 0 Å². The van der Waals surface area contributed by atoms with Crippen LogP contribution in [0.5, 0.6) is 0 Å². The van der Waals surface area contributed by atoms with Gasteiger partial charge in [0.2, 0.25) is 0 Å². The van der Waals surface area contributed by atoms with Crippen molar-refractivity contribution in [2.75, 3.05) is 0 Å². The molecule has 71 heavy (non-hydrogen) atoms. The predicted octanol–water partition coefficient (Wildman–Crippen LogP) is 25.9. The third-order valence-electron chi connectivity index (χ3n) is 17.9. The first-order valence-corrected chi connectivity index (χ1v) is 31.8. The van der Waals surface area contributed by atoms with Crippen LogP contribution in [0.1, 0.15) is 386 Å². The lowest BCUT2D eigenvalue weighted by Gasteiger charge is -2.47. The highest BCUT2D eigenvalue weighted by atomic mass is 14.5. The molecule has 0 heteroatoms. The lowest BCUT2D eigenvalue weighted by Crippen LogP contribution is -2.34. The first-order chi connectivity index (χ1) is 35.3. The molecular weight excluding hydrogens is 853 g/mol. The van der Waals surface area contributed by atoms with E-state index in [1.807, 2.05) is 69.2 Å². The Morgan fingerprint density at radius 3 is 0.972 bits per heavy atom. The minimum atomic E-state index is -1.06. The summed E-state index contributed by atoms with van der Waals surface area (Å²) >= 11 is 0. The second-order valence-corrected chi connectivity index (χ2v) is 30.3. The van der Waals surface area contributed by atoms with Gasteiger partial charge >= 0.3 is 0 Å². The molecule has 0 aromatic carbocycles. The second-order valence-electron chi connectivity index (χ2n) is 30.3. The monoisotopic (exact) mass is 1000 g/mol. The van der Waals surface area contributed by atoms with Crippen LogP contribution in [0.3, 0.4) is 0 Å². The number of hydrogen-bond donors (Lipinski definition) is 0. The molecule has 8 fully saturated rings. The van der Waals surface area contributed by atoms with Crippen LogP contribution < -0.4 is 0 Å². The molecule has 2 spiro atoms. The molecule has 8 saturated carbocycles. The summed E-state index contributed by atoms with van der Waals surface area (Å²) in [4.78, 5) is 0. The fourth-order valence-electron chi connectivity index (χ4n) is 11.8. The van der Waals surface area contributed by atoms with E-state index < -0.39 is 12.7 Å². The maximum atomic E-state index is 7.63. The summed E-state index contributed by atoms with van der Waals surface area (Å²) in [5, 5.41) is 0. The Hall–Kier alpha value is 0. The van der Waals surface area contributed by atoms with E-state index in [0.29, 0.717) is 10.8 Å². The van der Waals surface area contributed by atoms with Crippen molar-refractivity contribution in [1.82, 2.24) is 0 Å². The molecule has 0 amide bonds. The molecule has 0 radical (unpaired) electrons. The Kier molecular flexibility index (Phi) is 31.8. The average molecular weight is 1000 g/mol. The van der Waals surface area contributed by atoms with E-state index in [-0.39, 0.29) is 29.0 Å². The Bertz CT molecular complexity index is 1390. The lowest BCUT2D eigenvalue weighted by atomic mass is 9.59. The minimum Gasteiger partial charge on any atom is -0.0651 e. The van der Waals surface area contributed by atoms with E-state index in [9.17, 15) is 0 Å².